The summed E-state index contributed by atoms with van der Waals surface area (Å²) in [6.07, 6.45) is 4.91. The first-order valence-corrected chi connectivity index (χ1v) is 9.97. The Kier molecular flexibility index (Phi) is 5.07. The topological polar surface area (TPSA) is 68.3 Å². The summed E-state index contributed by atoms with van der Waals surface area (Å²) in [5, 5.41) is 3.14. The van der Waals surface area contributed by atoms with Crippen molar-refractivity contribution in [3.8, 4) is 5.75 Å². The predicted molar refractivity (Wildman–Crippen MR) is 106 cm³/mol. The molecule has 2 aromatic rings. The Hall–Kier alpha value is -2.47. The molecule has 1 N–H and O–H groups in total. The second kappa shape index (κ2) is 7.41. The first-order valence-electron chi connectivity index (χ1n) is 9.59. The molecule has 3 aliphatic carbocycles. The molecule has 3 saturated carbocycles. The van der Waals surface area contributed by atoms with E-state index < -0.39 is 5.82 Å². The number of aryl methyl sites for hydroxylation is 1. The molecule has 1 aromatic carbocycles. The molecule has 2 bridgehead atoms. The molecule has 0 aliphatic heterocycles. The first kappa shape index (κ1) is 19.8. The van der Waals surface area contributed by atoms with Crippen LogP contribution in [0.25, 0.3) is 0 Å². The maximum Gasteiger partial charge on any atom is 0.224 e. The van der Waals surface area contributed by atoms with Gasteiger partial charge < -0.3 is 10.1 Å². The summed E-state index contributed by atoms with van der Waals surface area (Å²) in [5.41, 5.74) is 1.63. The molecule has 0 saturated heterocycles. The predicted octanol–water partition coefficient (Wildman–Crippen LogP) is 3.80. The molecule has 3 aliphatic rings. The molecule has 152 valence electrons. The number of benzene rings is 1. The van der Waals surface area contributed by atoms with Crippen molar-refractivity contribution < 1.29 is 18.7 Å². The van der Waals surface area contributed by atoms with Gasteiger partial charge in [-0.3, -0.25) is 14.6 Å². The van der Waals surface area contributed by atoms with Crippen LogP contribution in [-0.4, -0.2) is 28.8 Å². The number of hydrogen-bond donors (Lipinski definition) is 1. The zero-order valence-electron chi connectivity index (χ0n) is 16.1. The molecular formula is C22H22ClFN2O3. The minimum atomic E-state index is -0.574. The van der Waals surface area contributed by atoms with Crippen LogP contribution in [0.2, 0.25) is 5.02 Å². The third kappa shape index (κ3) is 4.27. The molecule has 1 aromatic heterocycles. The first-order chi connectivity index (χ1) is 13.8. The average Bonchev–Trinajstić information content (AvgIpc) is 2.62. The van der Waals surface area contributed by atoms with Crippen LogP contribution in [0.1, 0.15) is 36.9 Å². The van der Waals surface area contributed by atoms with Crippen molar-refractivity contribution in [2.24, 2.45) is 5.41 Å². The summed E-state index contributed by atoms with van der Waals surface area (Å²) < 4.78 is 18.8. The van der Waals surface area contributed by atoms with Gasteiger partial charge in [-0.25, -0.2) is 4.39 Å². The van der Waals surface area contributed by atoms with Crippen LogP contribution < -0.4 is 10.1 Å². The van der Waals surface area contributed by atoms with Gasteiger partial charge in [-0.2, -0.15) is 0 Å². The van der Waals surface area contributed by atoms with E-state index in [2.05, 4.69) is 10.3 Å². The zero-order valence-corrected chi connectivity index (χ0v) is 16.9. The Bertz CT molecular complexity index is 941. The van der Waals surface area contributed by atoms with Crippen LogP contribution in [0.5, 0.6) is 5.75 Å². The number of nitrogens with zero attached hydrogens (tertiary/aromatic N) is 1. The second-order valence-corrected chi connectivity index (χ2v) is 8.83. The van der Waals surface area contributed by atoms with Gasteiger partial charge in [0.2, 0.25) is 5.91 Å². The number of carbonyl (C=O) groups excluding carboxylic acids is 2. The van der Waals surface area contributed by atoms with E-state index >= 15 is 0 Å². The van der Waals surface area contributed by atoms with Gasteiger partial charge in [0, 0.05) is 29.9 Å². The summed E-state index contributed by atoms with van der Waals surface area (Å²) in [7, 11) is 0. The molecule has 0 unspecified atom stereocenters. The fourth-order valence-electron chi connectivity index (χ4n) is 4.65. The fraction of sp³-hybridized carbons (Fsp3) is 0.409. The molecule has 1 heterocycles. The highest BCUT2D eigenvalue weighted by atomic mass is 35.5. The Morgan fingerprint density at radius 3 is 2.66 bits per heavy atom. The molecule has 0 spiro atoms. The molecule has 0 radical (unpaired) electrons. The van der Waals surface area contributed by atoms with E-state index in [9.17, 15) is 14.0 Å². The van der Waals surface area contributed by atoms with Gasteiger partial charge in [0.25, 0.3) is 0 Å². The Morgan fingerprint density at radius 2 is 2.00 bits per heavy atom. The Balaban J connectivity index is 1.20. The van der Waals surface area contributed by atoms with Gasteiger partial charge >= 0.3 is 0 Å². The summed E-state index contributed by atoms with van der Waals surface area (Å²) in [5.74, 6) is -0.323. The maximum absolute atomic E-state index is 13.4. The van der Waals surface area contributed by atoms with Gasteiger partial charge in [0.1, 0.15) is 18.2 Å². The molecule has 5 nitrogen and oxygen atoms in total. The lowest BCUT2D eigenvalue weighted by atomic mass is 9.38. The molecular weight excluding hydrogens is 395 g/mol. The molecule has 3 fully saturated rings. The summed E-state index contributed by atoms with van der Waals surface area (Å²) >= 11 is 5.63. The van der Waals surface area contributed by atoms with E-state index in [4.69, 9.17) is 16.3 Å². The summed E-state index contributed by atoms with van der Waals surface area (Å²) in [4.78, 5) is 28.8. The van der Waals surface area contributed by atoms with E-state index in [1.165, 1.54) is 18.2 Å². The molecule has 29 heavy (non-hydrogen) atoms. The number of halogens is 2. The zero-order chi connectivity index (χ0) is 20.6. The van der Waals surface area contributed by atoms with Gasteiger partial charge in [0.05, 0.1) is 11.4 Å². The molecule has 7 heteroatoms. The number of rotatable bonds is 8. The number of carbonyl (C=O) groups is 2. The van der Waals surface area contributed by atoms with Crippen LogP contribution in [0.3, 0.4) is 0 Å². The van der Waals surface area contributed by atoms with Crippen LogP contribution >= 0.6 is 11.6 Å². The monoisotopic (exact) mass is 416 g/mol. The Labute approximate surface area is 173 Å². The normalized spacial score (nSPS) is 24.2. The second-order valence-electron chi connectivity index (χ2n) is 8.42. The standard InChI is InChI=1S/C22H22ClFN2O3/c1-14-2-3-15(9-25-14)6-20(28)26-22-11-21(12-22,13-22)8-16(27)10-29-17-4-5-18(23)19(24)7-17/h2-5,7,9H,6,8,10-13H2,1H3,(H,26,28). The summed E-state index contributed by atoms with van der Waals surface area (Å²) in [6, 6.07) is 7.91. The lowest BCUT2D eigenvalue weighted by Crippen LogP contribution is -2.75. The van der Waals surface area contributed by atoms with Crippen LogP contribution in [-0.2, 0) is 16.0 Å². The van der Waals surface area contributed by atoms with Crippen LogP contribution in [0.4, 0.5) is 4.39 Å². The third-order valence-corrected chi connectivity index (χ3v) is 6.05. The van der Waals surface area contributed by atoms with Crippen LogP contribution in [0, 0.1) is 18.2 Å². The number of aromatic nitrogens is 1. The van der Waals surface area contributed by atoms with Crippen molar-refractivity contribution in [3.05, 3.63) is 58.6 Å². The maximum atomic E-state index is 13.4. The van der Waals surface area contributed by atoms with Gasteiger partial charge in [-0.05, 0) is 55.4 Å². The Morgan fingerprint density at radius 1 is 1.24 bits per heavy atom. The highest BCUT2D eigenvalue weighted by molar-refractivity contribution is 6.30. The van der Waals surface area contributed by atoms with E-state index in [1.807, 2.05) is 19.1 Å². The minimum absolute atomic E-state index is 0.0108. The number of Topliss-reactive ketones (excluding diaryl/α,β-unsaturated/α-hetero) is 1. The van der Waals surface area contributed by atoms with E-state index in [0.717, 1.165) is 30.5 Å². The number of amides is 1. The van der Waals surface area contributed by atoms with Crippen molar-refractivity contribution in [1.29, 1.82) is 0 Å². The van der Waals surface area contributed by atoms with Crippen LogP contribution in [0.15, 0.2) is 36.5 Å². The quantitative estimate of drug-likeness (QED) is 0.710. The van der Waals surface area contributed by atoms with Gasteiger partial charge in [0.15, 0.2) is 5.78 Å². The van der Waals surface area contributed by atoms with Crippen molar-refractivity contribution in [1.82, 2.24) is 10.3 Å². The largest absolute Gasteiger partial charge is 0.486 e. The number of nitrogens with one attached hydrogen (secondary N) is 1. The highest BCUT2D eigenvalue weighted by Crippen LogP contribution is 2.69. The van der Waals surface area contributed by atoms with E-state index in [-0.39, 0.29) is 40.0 Å². The lowest BCUT2D eigenvalue weighted by molar-refractivity contribution is -0.172. The highest BCUT2D eigenvalue weighted by Gasteiger charge is 2.68. The molecule has 0 atom stereocenters. The van der Waals surface area contributed by atoms with Gasteiger partial charge in [-0.1, -0.05) is 17.7 Å². The van der Waals surface area contributed by atoms with Crippen molar-refractivity contribution in [2.45, 2.75) is 44.6 Å². The SMILES string of the molecule is Cc1ccc(CC(=O)NC23CC(CC(=O)COc4ccc(Cl)c(F)c4)(C2)C3)cn1. The number of ether oxygens (including phenoxy) is 1. The molecule has 1 amide bonds. The minimum Gasteiger partial charge on any atom is -0.486 e. The smallest absolute Gasteiger partial charge is 0.224 e. The van der Waals surface area contributed by atoms with Crippen molar-refractivity contribution in [2.75, 3.05) is 6.61 Å². The number of hydrogen-bond acceptors (Lipinski definition) is 4. The van der Waals surface area contributed by atoms with Gasteiger partial charge in [-0.15, -0.1) is 0 Å². The van der Waals surface area contributed by atoms with Crippen molar-refractivity contribution in [3.63, 3.8) is 0 Å². The summed E-state index contributed by atoms with van der Waals surface area (Å²) in [6.45, 7) is 1.81. The lowest BCUT2D eigenvalue weighted by Gasteiger charge is -2.70. The average molecular weight is 417 g/mol. The van der Waals surface area contributed by atoms with E-state index in [0.29, 0.717) is 12.8 Å². The van der Waals surface area contributed by atoms with Crippen molar-refractivity contribution >= 4 is 23.3 Å². The molecule has 5 rings (SSSR count). The fourth-order valence-corrected chi connectivity index (χ4v) is 4.76. The third-order valence-electron chi connectivity index (χ3n) is 5.75. The van der Waals surface area contributed by atoms with E-state index in [1.54, 1.807) is 6.20 Å². The number of ketones is 1. The number of pyridine rings is 1.